The molecule has 0 saturated heterocycles. The van der Waals surface area contributed by atoms with Crippen LogP contribution in [0.25, 0.3) is 0 Å². The predicted octanol–water partition coefficient (Wildman–Crippen LogP) is 2.81. The van der Waals surface area contributed by atoms with Gasteiger partial charge in [-0.1, -0.05) is 25.7 Å². The monoisotopic (exact) mass is 193 g/mol. The van der Waals surface area contributed by atoms with E-state index in [2.05, 4.69) is 39.7 Å². The van der Waals surface area contributed by atoms with Gasteiger partial charge in [0.2, 0.25) is 0 Å². The lowest BCUT2D eigenvalue weighted by Crippen LogP contribution is -2.34. The Balaban J connectivity index is 4.21. The van der Waals surface area contributed by atoms with Crippen molar-refractivity contribution in [2.24, 2.45) is 0 Å². The molecule has 0 radical (unpaired) electrons. The maximum Gasteiger partial charge on any atom is 0.0139 e. The van der Waals surface area contributed by atoms with Gasteiger partial charge in [-0.05, 0) is 33.1 Å². The standard InChI is InChI=1S/C8H20NPS/c1-6-10(11,7-2)9-8(3,4)5/h6-7H2,1-5H3,(H,9,11). The summed E-state index contributed by atoms with van der Waals surface area (Å²) in [5, 5.41) is 3.56. The average Bonchev–Trinajstić information content (AvgIpc) is 1.84. The van der Waals surface area contributed by atoms with E-state index >= 15 is 0 Å². The number of hydrogen-bond acceptors (Lipinski definition) is 1. The van der Waals surface area contributed by atoms with Crippen molar-refractivity contribution in [1.29, 1.82) is 0 Å². The van der Waals surface area contributed by atoms with Crippen molar-refractivity contribution in [2.45, 2.75) is 40.2 Å². The summed E-state index contributed by atoms with van der Waals surface area (Å²) >= 11 is 5.55. The Morgan fingerprint density at radius 1 is 1.18 bits per heavy atom. The third-order valence-electron chi connectivity index (χ3n) is 1.56. The molecule has 0 aliphatic heterocycles. The first-order chi connectivity index (χ1) is 4.83. The molecule has 11 heavy (non-hydrogen) atoms. The molecule has 0 aromatic rings. The molecule has 0 atom stereocenters. The van der Waals surface area contributed by atoms with Crippen molar-refractivity contribution in [3.63, 3.8) is 0 Å². The smallest absolute Gasteiger partial charge is 0.0139 e. The lowest BCUT2D eigenvalue weighted by molar-refractivity contribution is 0.527. The van der Waals surface area contributed by atoms with Crippen LogP contribution in [0.1, 0.15) is 34.6 Å². The molecule has 3 heteroatoms. The van der Waals surface area contributed by atoms with E-state index in [4.69, 9.17) is 11.8 Å². The van der Waals surface area contributed by atoms with Crippen LogP contribution in [0.15, 0.2) is 0 Å². The fraction of sp³-hybridized carbons (Fsp3) is 1.00. The molecule has 1 nitrogen and oxygen atoms in total. The van der Waals surface area contributed by atoms with E-state index in [0.29, 0.717) is 0 Å². The molecule has 0 aliphatic carbocycles. The lowest BCUT2D eigenvalue weighted by Gasteiger charge is -2.30. The molecule has 0 spiro atoms. The van der Waals surface area contributed by atoms with Crippen molar-refractivity contribution >= 4 is 18.0 Å². The minimum absolute atomic E-state index is 0.182. The van der Waals surface area contributed by atoms with Crippen LogP contribution in [0.3, 0.4) is 0 Å². The SMILES string of the molecule is CCP(=S)(CC)NC(C)(C)C. The van der Waals surface area contributed by atoms with Gasteiger partial charge in [0.25, 0.3) is 0 Å². The van der Waals surface area contributed by atoms with Gasteiger partial charge in [0.1, 0.15) is 0 Å². The van der Waals surface area contributed by atoms with E-state index in [1.54, 1.807) is 0 Å². The molecule has 0 aromatic carbocycles. The molecule has 0 fully saturated rings. The zero-order valence-electron chi connectivity index (χ0n) is 8.27. The fourth-order valence-corrected chi connectivity index (χ4v) is 3.80. The summed E-state index contributed by atoms with van der Waals surface area (Å²) in [5.41, 5.74) is 0.182. The summed E-state index contributed by atoms with van der Waals surface area (Å²) in [7, 11) is 0. The Morgan fingerprint density at radius 3 is 1.64 bits per heavy atom. The van der Waals surface area contributed by atoms with E-state index < -0.39 is 6.19 Å². The Labute approximate surface area is 76.0 Å². The van der Waals surface area contributed by atoms with E-state index in [9.17, 15) is 0 Å². The topological polar surface area (TPSA) is 12.0 Å². The molecule has 0 bridgehead atoms. The molecule has 0 aromatic heterocycles. The van der Waals surface area contributed by atoms with Gasteiger partial charge >= 0.3 is 0 Å². The van der Waals surface area contributed by atoms with Crippen LogP contribution in [0.5, 0.6) is 0 Å². The van der Waals surface area contributed by atoms with E-state index in [0.717, 1.165) is 12.3 Å². The maximum atomic E-state index is 5.55. The van der Waals surface area contributed by atoms with Crippen molar-refractivity contribution < 1.29 is 0 Å². The first-order valence-electron chi connectivity index (χ1n) is 4.20. The van der Waals surface area contributed by atoms with Crippen LogP contribution in [-0.4, -0.2) is 17.9 Å². The zero-order chi connectivity index (χ0) is 9.12. The third kappa shape index (κ3) is 4.95. The van der Waals surface area contributed by atoms with Gasteiger partial charge in [-0.2, -0.15) is 0 Å². The van der Waals surface area contributed by atoms with Gasteiger partial charge in [-0.15, -0.1) is 0 Å². The molecular formula is C8H20NPS. The predicted molar refractivity (Wildman–Crippen MR) is 58.3 cm³/mol. The van der Waals surface area contributed by atoms with E-state index in [1.165, 1.54) is 0 Å². The van der Waals surface area contributed by atoms with Crippen LogP contribution in [0.4, 0.5) is 0 Å². The Kier molecular flexibility index (Phi) is 4.24. The highest BCUT2D eigenvalue weighted by molar-refractivity contribution is 8.13. The second kappa shape index (κ2) is 4.02. The highest BCUT2D eigenvalue weighted by atomic mass is 32.4. The van der Waals surface area contributed by atoms with Crippen LogP contribution in [0, 0.1) is 0 Å². The van der Waals surface area contributed by atoms with Crippen molar-refractivity contribution in [1.82, 2.24) is 5.09 Å². The summed E-state index contributed by atoms with van der Waals surface area (Å²) in [6.45, 7) is 10.9. The number of rotatable bonds is 3. The molecule has 68 valence electrons. The molecule has 0 aliphatic rings. The largest absolute Gasteiger partial charge is 0.284 e. The summed E-state index contributed by atoms with van der Waals surface area (Å²) in [4.78, 5) is 0. The molecule has 0 saturated carbocycles. The Bertz CT molecular complexity index is 152. The van der Waals surface area contributed by atoms with Crippen LogP contribution in [0.2, 0.25) is 0 Å². The number of nitrogens with one attached hydrogen (secondary N) is 1. The number of hydrogen-bond donors (Lipinski definition) is 1. The van der Waals surface area contributed by atoms with E-state index in [1.807, 2.05) is 0 Å². The van der Waals surface area contributed by atoms with Crippen molar-refractivity contribution in [3.05, 3.63) is 0 Å². The summed E-state index contributed by atoms with van der Waals surface area (Å²) in [5.74, 6) is 0. The maximum absolute atomic E-state index is 5.55. The van der Waals surface area contributed by atoms with Gasteiger partial charge in [0.15, 0.2) is 0 Å². The summed E-state index contributed by atoms with van der Waals surface area (Å²) in [6.07, 6.45) is 1.02. The fourth-order valence-electron chi connectivity index (χ4n) is 0.993. The van der Waals surface area contributed by atoms with Crippen molar-refractivity contribution in [3.8, 4) is 0 Å². The Morgan fingerprint density at radius 2 is 1.55 bits per heavy atom. The quantitative estimate of drug-likeness (QED) is 0.692. The van der Waals surface area contributed by atoms with Gasteiger partial charge in [-0.25, -0.2) is 0 Å². The molecule has 0 heterocycles. The minimum Gasteiger partial charge on any atom is -0.284 e. The lowest BCUT2D eigenvalue weighted by atomic mass is 10.1. The second-order valence-corrected chi connectivity index (χ2v) is 9.25. The van der Waals surface area contributed by atoms with Gasteiger partial charge < -0.3 is 0 Å². The van der Waals surface area contributed by atoms with E-state index in [-0.39, 0.29) is 5.54 Å². The van der Waals surface area contributed by atoms with Gasteiger partial charge in [-0.3, -0.25) is 5.09 Å². The normalized spacial score (nSPS) is 13.5. The van der Waals surface area contributed by atoms with Crippen molar-refractivity contribution in [2.75, 3.05) is 12.3 Å². The summed E-state index contributed by atoms with van der Waals surface area (Å²) < 4.78 is 0. The molecule has 0 unspecified atom stereocenters. The first-order valence-corrected chi connectivity index (χ1v) is 7.38. The summed E-state index contributed by atoms with van der Waals surface area (Å²) in [6, 6.07) is 0. The zero-order valence-corrected chi connectivity index (χ0v) is 9.98. The first kappa shape index (κ1) is 11.6. The highest BCUT2D eigenvalue weighted by Crippen LogP contribution is 2.42. The second-order valence-electron chi connectivity index (χ2n) is 3.88. The molecule has 0 rings (SSSR count). The van der Waals surface area contributed by atoms with Gasteiger partial charge in [0.05, 0.1) is 0 Å². The Hall–Kier alpha value is 0.610. The molecule has 1 N–H and O–H groups in total. The van der Waals surface area contributed by atoms with Crippen LogP contribution in [-0.2, 0) is 11.8 Å². The van der Waals surface area contributed by atoms with Crippen LogP contribution >= 0.6 is 6.19 Å². The van der Waals surface area contributed by atoms with Gasteiger partial charge in [0, 0.05) is 11.7 Å². The highest BCUT2D eigenvalue weighted by Gasteiger charge is 2.19. The molecular weight excluding hydrogens is 173 g/mol. The third-order valence-corrected chi connectivity index (χ3v) is 6.51. The van der Waals surface area contributed by atoms with Crippen LogP contribution < -0.4 is 5.09 Å². The minimum atomic E-state index is -1.22. The molecule has 0 amide bonds. The average molecular weight is 193 g/mol.